The van der Waals surface area contributed by atoms with Crippen LogP contribution in [0.15, 0.2) is 22.6 Å². The minimum Gasteiger partial charge on any atom is -0.479 e. The number of ketones is 1. The summed E-state index contributed by atoms with van der Waals surface area (Å²) < 4.78 is 6.18. The van der Waals surface area contributed by atoms with Crippen molar-refractivity contribution in [1.82, 2.24) is 4.98 Å². The van der Waals surface area contributed by atoms with E-state index < -0.39 is 32.6 Å². The van der Waals surface area contributed by atoms with Crippen molar-refractivity contribution in [2.75, 3.05) is 0 Å². The van der Waals surface area contributed by atoms with Gasteiger partial charge in [0.25, 0.3) is 0 Å². The molecule has 0 fully saturated rings. The molecule has 0 aliphatic carbocycles. The summed E-state index contributed by atoms with van der Waals surface area (Å²) in [6, 6.07) is 0.856. The largest absolute Gasteiger partial charge is 0.479 e. The Morgan fingerprint density at radius 2 is 1.80 bits per heavy atom. The number of hydrogen-bond donors (Lipinski definition) is 2. The van der Waals surface area contributed by atoms with Crippen LogP contribution in [0.25, 0.3) is 6.08 Å². The number of carboxylic acids is 1. The van der Waals surface area contributed by atoms with Gasteiger partial charge in [-0.25, -0.2) is 9.78 Å². The van der Waals surface area contributed by atoms with E-state index in [4.69, 9.17) is 4.43 Å². The smallest absolute Gasteiger partial charge is 0.331 e. The summed E-state index contributed by atoms with van der Waals surface area (Å²) in [5.41, 5.74) is 2.31. The number of rotatable bonds is 18. The fraction of sp³-hybridized carbons (Fsp3) is 0.727. The van der Waals surface area contributed by atoms with Gasteiger partial charge in [-0.2, -0.15) is 0 Å². The van der Waals surface area contributed by atoms with Gasteiger partial charge >= 0.3 is 5.97 Å². The second-order valence-corrected chi connectivity index (χ2v) is 18.7. The number of thiazole rings is 1. The van der Waals surface area contributed by atoms with Crippen LogP contribution in [0.3, 0.4) is 0 Å². The number of carboxylic acid groups (broad SMARTS) is 1. The van der Waals surface area contributed by atoms with E-state index in [1.54, 1.807) is 11.3 Å². The first kappa shape index (κ1) is 37.4. The van der Waals surface area contributed by atoms with E-state index in [0.717, 1.165) is 48.0 Å². The number of nitrogens with zero attached hydrogens (tertiary/aromatic N) is 1. The highest BCUT2D eigenvalue weighted by atomic mass is 32.1. The molecule has 1 aromatic rings. The molecule has 8 heteroatoms. The minimum absolute atomic E-state index is 0.0379. The van der Waals surface area contributed by atoms with E-state index in [1.165, 1.54) is 5.57 Å². The number of aliphatic hydroxyl groups is 1. The summed E-state index contributed by atoms with van der Waals surface area (Å²) in [4.78, 5) is 29.9. The van der Waals surface area contributed by atoms with Crippen molar-refractivity contribution in [2.24, 2.45) is 17.3 Å². The van der Waals surface area contributed by atoms with Gasteiger partial charge in [-0.1, -0.05) is 73.5 Å². The summed E-state index contributed by atoms with van der Waals surface area (Å²) in [5.74, 6) is -0.608. The number of carbonyl (C=O) groups excluding carboxylic acids is 1. The average molecular weight is 608 g/mol. The van der Waals surface area contributed by atoms with E-state index in [-0.39, 0.29) is 23.2 Å². The Labute approximate surface area is 255 Å². The van der Waals surface area contributed by atoms with Crippen molar-refractivity contribution in [1.29, 1.82) is 0 Å². The molecule has 1 unspecified atom stereocenters. The molecule has 234 valence electrons. The lowest BCUT2D eigenvalue weighted by Gasteiger charge is -2.34. The van der Waals surface area contributed by atoms with Crippen molar-refractivity contribution < 1.29 is 24.2 Å². The maximum absolute atomic E-state index is 13.4. The molecule has 0 saturated heterocycles. The number of aliphatic carboxylic acids is 1. The monoisotopic (exact) mass is 607 g/mol. The summed E-state index contributed by atoms with van der Waals surface area (Å²) in [6.45, 7) is 22.3. The normalized spacial score (nSPS) is 17.2. The molecule has 5 atom stereocenters. The van der Waals surface area contributed by atoms with Crippen LogP contribution >= 0.6 is 11.3 Å². The highest BCUT2D eigenvalue weighted by molar-refractivity contribution is 7.09. The first-order valence-electron chi connectivity index (χ1n) is 15.2. The second-order valence-electron chi connectivity index (χ2n) is 13.8. The molecule has 6 nitrogen and oxygen atoms in total. The van der Waals surface area contributed by atoms with Gasteiger partial charge < -0.3 is 14.6 Å². The molecular weight excluding hydrogens is 551 g/mol. The molecular formula is C33H57NO5SSi. The Kier molecular flexibility index (Phi) is 15.4. The Hall–Kier alpha value is -1.61. The van der Waals surface area contributed by atoms with Crippen LogP contribution in [0.4, 0.5) is 0 Å². The number of aliphatic hydroxyl groups excluding tert-OH is 1. The average Bonchev–Trinajstić information content (AvgIpc) is 3.27. The Balaban J connectivity index is 2.58. The van der Waals surface area contributed by atoms with Crippen molar-refractivity contribution in [2.45, 2.75) is 138 Å². The molecule has 0 bridgehead atoms. The van der Waals surface area contributed by atoms with E-state index in [9.17, 15) is 19.8 Å². The summed E-state index contributed by atoms with van der Waals surface area (Å²) >= 11 is 1.61. The van der Waals surface area contributed by atoms with Gasteiger partial charge in [-0.15, -0.1) is 11.3 Å². The fourth-order valence-corrected chi connectivity index (χ4v) is 8.48. The lowest BCUT2D eigenvalue weighted by Crippen LogP contribution is -2.42. The first-order chi connectivity index (χ1) is 18.9. The number of aromatic nitrogens is 1. The van der Waals surface area contributed by atoms with Crippen LogP contribution in [-0.2, 0) is 14.0 Å². The zero-order valence-corrected chi connectivity index (χ0v) is 29.5. The van der Waals surface area contributed by atoms with Crippen LogP contribution in [0.5, 0.6) is 0 Å². The standard InChI is InChI=1S/C33H57NO5SSi/c1-12-41(32(7,8)9)39-29(31(37)38)20-33(10,11)30(36)25(5)18-23(3)15-13-14-22(2)16-17-28(35)24(4)19-27-21-40-26(6)34-27/h16,19,21,23,25,28-29,35,41H,12-15,17-18,20H2,1-11H3,(H,37,38)/b22-16+,24-19+/t23-,25-,28+,29-,41?/m1/s1. The lowest BCUT2D eigenvalue weighted by molar-refractivity contribution is -0.148. The zero-order chi connectivity index (χ0) is 31.5. The predicted molar refractivity (Wildman–Crippen MR) is 175 cm³/mol. The van der Waals surface area contributed by atoms with Crippen molar-refractivity contribution in [3.8, 4) is 0 Å². The van der Waals surface area contributed by atoms with Crippen LogP contribution in [-0.4, -0.2) is 48.2 Å². The predicted octanol–water partition coefficient (Wildman–Crippen LogP) is 8.38. The molecule has 0 aromatic carbocycles. The molecule has 41 heavy (non-hydrogen) atoms. The van der Waals surface area contributed by atoms with Crippen molar-refractivity contribution in [3.05, 3.63) is 33.3 Å². The van der Waals surface area contributed by atoms with Crippen LogP contribution < -0.4 is 0 Å². The molecule has 0 radical (unpaired) electrons. The maximum atomic E-state index is 13.4. The number of allylic oxidation sites excluding steroid dienone is 1. The molecule has 0 saturated carbocycles. The molecule has 0 amide bonds. The number of aryl methyl sites for hydroxylation is 1. The van der Waals surface area contributed by atoms with E-state index in [0.29, 0.717) is 12.3 Å². The molecule has 1 aromatic heterocycles. The number of hydrogen-bond acceptors (Lipinski definition) is 6. The number of carbonyl (C=O) groups is 2. The van der Waals surface area contributed by atoms with Gasteiger partial charge in [-0.05, 0) is 81.5 Å². The number of Topliss-reactive ketones (excluding diaryl/α,β-unsaturated/α-hetero) is 1. The van der Waals surface area contributed by atoms with Gasteiger partial charge in [-0.3, -0.25) is 4.79 Å². The van der Waals surface area contributed by atoms with E-state index in [1.807, 2.05) is 46.1 Å². The lowest BCUT2D eigenvalue weighted by atomic mass is 9.75. The molecule has 0 aliphatic heterocycles. The Morgan fingerprint density at radius 3 is 2.32 bits per heavy atom. The fourth-order valence-electron chi connectivity index (χ4n) is 5.47. The van der Waals surface area contributed by atoms with Gasteiger partial charge in [0.15, 0.2) is 9.04 Å². The summed E-state index contributed by atoms with van der Waals surface area (Å²) in [6.07, 6.45) is 7.20. The highest BCUT2D eigenvalue weighted by Gasteiger charge is 2.39. The second kappa shape index (κ2) is 16.9. The van der Waals surface area contributed by atoms with Crippen LogP contribution in [0.2, 0.25) is 11.1 Å². The molecule has 0 aliphatic rings. The molecule has 0 spiro atoms. The van der Waals surface area contributed by atoms with Gasteiger partial charge in [0.2, 0.25) is 0 Å². The summed E-state index contributed by atoms with van der Waals surface area (Å²) in [5, 5.41) is 23.4. The maximum Gasteiger partial charge on any atom is 0.331 e. The van der Waals surface area contributed by atoms with Gasteiger partial charge in [0.05, 0.1) is 16.8 Å². The van der Waals surface area contributed by atoms with Crippen LogP contribution in [0, 0.1) is 24.2 Å². The third kappa shape index (κ3) is 13.5. The molecule has 1 heterocycles. The summed E-state index contributed by atoms with van der Waals surface area (Å²) in [7, 11) is -1.75. The Morgan fingerprint density at radius 1 is 1.17 bits per heavy atom. The van der Waals surface area contributed by atoms with E-state index >= 15 is 0 Å². The zero-order valence-electron chi connectivity index (χ0n) is 27.5. The molecule has 2 N–H and O–H groups in total. The quantitative estimate of drug-likeness (QED) is 0.129. The SMILES string of the molecule is CC[SiH](O[C@H](CC(C)(C)C(=O)[C@H](C)C[C@H](C)CCC/C(C)=C/C[C@H](O)/C(C)=C/c1csc(C)n1)C(=O)O)C(C)(C)C. The van der Waals surface area contributed by atoms with Gasteiger partial charge in [0.1, 0.15) is 11.9 Å². The Bertz CT molecular complexity index is 1040. The minimum atomic E-state index is -1.75. The third-order valence-corrected chi connectivity index (χ3v) is 12.1. The molecule has 1 rings (SSSR count). The topological polar surface area (TPSA) is 96.7 Å². The van der Waals surface area contributed by atoms with Crippen molar-refractivity contribution >= 4 is 38.2 Å². The third-order valence-electron chi connectivity index (χ3n) is 8.00. The van der Waals surface area contributed by atoms with Crippen molar-refractivity contribution in [3.63, 3.8) is 0 Å². The van der Waals surface area contributed by atoms with Crippen LogP contribution in [0.1, 0.15) is 118 Å². The van der Waals surface area contributed by atoms with Gasteiger partial charge in [0, 0.05) is 16.7 Å². The highest BCUT2D eigenvalue weighted by Crippen LogP contribution is 2.35. The van der Waals surface area contributed by atoms with E-state index in [2.05, 4.69) is 52.6 Å². The first-order valence-corrected chi connectivity index (χ1v) is 18.0.